The van der Waals surface area contributed by atoms with Crippen molar-refractivity contribution in [1.82, 2.24) is 25.1 Å². The lowest BCUT2D eigenvalue weighted by molar-refractivity contribution is -0.144. The number of fused-ring (bicyclic) bond motifs is 1. The van der Waals surface area contributed by atoms with Crippen molar-refractivity contribution in [3.63, 3.8) is 0 Å². The Hall–Kier alpha value is -3.83. The number of ether oxygens (including phenoxy) is 1. The Morgan fingerprint density at radius 1 is 1.02 bits per heavy atom. The molecule has 0 spiro atoms. The fraction of sp³-hybridized carbons (Fsp3) is 0.345. The predicted molar refractivity (Wildman–Crippen MR) is 151 cm³/mol. The Balaban J connectivity index is 1.01. The van der Waals surface area contributed by atoms with Crippen LogP contribution in [0.3, 0.4) is 0 Å². The van der Waals surface area contributed by atoms with Crippen LogP contribution in [0, 0.1) is 0 Å². The number of hydrogen-bond donors (Lipinski definition) is 2. The fourth-order valence-electron chi connectivity index (χ4n) is 5.29. The number of aromatic amines is 1. The molecule has 2 aliphatic heterocycles. The number of nitrogens with one attached hydrogen (secondary N) is 2. The lowest BCUT2D eigenvalue weighted by Crippen LogP contribution is -2.47. The lowest BCUT2D eigenvalue weighted by atomic mass is 10.1. The van der Waals surface area contributed by atoms with Crippen molar-refractivity contribution in [2.24, 2.45) is 0 Å². The topological polar surface area (TPSA) is 82.2 Å². The minimum absolute atomic E-state index is 0.0140. The number of halogens is 4. The van der Waals surface area contributed by atoms with Gasteiger partial charge in [0.25, 0.3) is 0 Å². The minimum atomic E-state index is -4.57. The molecule has 6 rings (SSSR count). The standard InChI is InChI=1S/C29H29ClF3N7O/c1-39-24-10-7-19(27-36-28(38-37-27)29(31,32)33)16-23(24)35-25(39)17-40-13-11-22(12-14-40)41-26-4-2-3-21(34-26)15-18-5-8-20(30)9-6-18/h2-10,16,22,25,35H,11-15,17H2,1H3,(H,36,37,38). The number of alkyl halides is 3. The van der Waals surface area contributed by atoms with E-state index in [4.69, 9.17) is 21.3 Å². The molecule has 4 heterocycles. The van der Waals surface area contributed by atoms with Crippen LogP contribution in [-0.4, -0.2) is 64.0 Å². The first-order chi connectivity index (χ1) is 19.7. The maximum atomic E-state index is 12.9. The van der Waals surface area contributed by atoms with Gasteiger partial charge in [-0.1, -0.05) is 29.8 Å². The number of hydrogen-bond acceptors (Lipinski definition) is 7. The van der Waals surface area contributed by atoms with Crippen LogP contribution in [0.15, 0.2) is 60.7 Å². The Labute approximate surface area is 240 Å². The second-order valence-corrected chi connectivity index (χ2v) is 10.8. The molecule has 1 fully saturated rings. The Kier molecular flexibility index (Phi) is 7.48. The molecule has 0 amide bonds. The maximum absolute atomic E-state index is 12.9. The van der Waals surface area contributed by atoms with Crippen molar-refractivity contribution in [2.45, 2.75) is 37.7 Å². The van der Waals surface area contributed by atoms with E-state index in [9.17, 15) is 13.2 Å². The van der Waals surface area contributed by atoms with Crippen LogP contribution in [0.4, 0.5) is 24.5 Å². The monoisotopic (exact) mass is 583 g/mol. The van der Waals surface area contributed by atoms with Crippen molar-refractivity contribution in [1.29, 1.82) is 0 Å². The van der Waals surface area contributed by atoms with Crippen molar-refractivity contribution < 1.29 is 17.9 Å². The van der Waals surface area contributed by atoms with Gasteiger partial charge in [0, 0.05) is 55.4 Å². The van der Waals surface area contributed by atoms with Crippen LogP contribution in [0.1, 0.15) is 29.9 Å². The van der Waals surface area contributed by atoms with Crippen LogP contribution in [0.5, 0.6) is 5.88 Å². The van der Waals surface area contributed by atoms with E-state index in [0.29, 0.717) is 22.9 Å². The largest absolute Gasteiger partial charge is 0.474 e. The van der Waals surface area contributed by atoms with Gasteiger partial charge in [0.05, 0.1) is 11.4 Å². The molecule has 2 N–H and O–H groups in total. The fourth-order valence-corrected chi connectivity index (χ4v) is 5.41. The zero-order valence-electron chi connectivity index (χ0n) is 22.3. The predicted octanol–water partition coefficient (Wildman–Crippen LogP) is 5.86. The van der Waals surface area contributed by atoms with Gasteiger partial charge in [-0.3, -0.25) is 10.00 Å². The SMILES string of the molecule is CN1c2ccc(-c3n[nH]c(C(F)(F)F)n3)cc2NC1CN1CCC(Oc2cccc(Cc3ccc(Cl)cc3)n2)CC1. The molecule has 2 aliphatic rings. The van der Waals surface area contributed by atoms with Gasteiger partial charge < -0.3 is 15.0 Å². The zero-order chi connectivity index (χ0) is 28.6. The van der Waals surface area contributed by atoms with E-state index in [1.54, 1.807) is 12.1 Å². The summed E-state index contributed by atoms with van der Waals surface area (Å²) >= 11 is 5.99. The molecule has 214 valence electrons. The van der Waals surface area contributed by atoms with E-state index in [1.165, 1.54) is 0 Å². The van der Waals surface area contributed by atoms with Crippen molar-refractivity contribution in [3.05, 3.63) is 82.8 Å². The number of nitrogens with zero attached hydrogens (tertiary/aromatic N) is 5. The molecule has 12 heteroatoms. The quantitative estimate of drug-likeness (QED) is 0.282. The normalized spacial score (nSPS) is 17.9. The average molecular weight is 584 g/mol. The number of pyridine rings is 1. The second-order valence-electron chi connectivity index (χ2n) is 10.4. The summed E-state index contributed by atoms with van der Waals surface area (Å²) in [5, 5.41) is 9.94. The maximum Gasteiger partial charge on any atom is 0.451 e. The van der Waals surface area contributed by atoms with Gasteiger partial charge in [-0.15, -0.1) is 0 Å². The van der Waals surface area contributed by atoms with Gasteiger partial charge in [0.15, 0.2) is 5.82 Å². The molecule has 41 heavy (non-hydrogen) atoms. The summed E-state index contributed by atoms with van der Waals surface area (Å²) in [4.78, 5) is 12.9. The van der Waals surface area contributed by atoms with Crippen molar-refractivity contribution >= 4 is 23.0 Å². The van der Waals surface area contributed by atoms with E-state index in [1.807, 2.05) is 60.7 Å². The molecule has 0 saturated carbocycles. The second kappa shape index (κ2) is 11.2. The summed E-state index contributed by atoms with van der Waals surface area (Å²) in [6.07, 6.45) is -1.94. The number of likely N-dealkylation sites (N-methyl/N-ethyl adjacent to an activating group) is 1. The third-order valence-corrected chi connectivity index (χ3v) is 7.76. The summed E-state index contributed by atoms with van der Waals surface area (Å²) in [6, 6.07) is 19.1. The number of aromatic nitrogens is 4. The van der Waals surface area contributed by atoms with Crippen LogP contribution in [0.25, 0.3) is 11.4 Å². The number of rotatable bonds is 7. The molecular weight excluding hydrogens is 555 g/mol. The van der Waals surface area contributed by atoms with Gasteiger partial charge in [-0.25, -0.2) is 9.97 Å². The van der Waals surface area contributed by atoms with Gasteiger partial charge >= 0.3 is 6.18 Å². The first-order valence-electron chi connectivity index (χ1n) is 13.4. The van der Waals surface area contributed by atoms with Gasteiger partial charge in [-0.2, -0.15) is 18.3 Å². The number of H-pyrrole nitrogens is 1. The average Bonchev–Trinajstić information content (AvgIpc) is 3.57. The highest BCUT2D eigenvalue weighted by molar-refractivity contribution is 6.30. The van der Waals surface area contributed by atoms with Gasteiger partial charge in [-0.05, 0) is 54.8 Å². The number of benzene rings is 2. The van der Waals surface area contributed by atoms with Gasteiger partial charge in [0.1, 0.15) is 12.3 Å². The molecule has 2 aromatic carbocycles. The van der Waals surface area contributed by atoms with Crippen molar-refractivity contribution in [2.75, 3.05) is 36.9 Å². The van der Waals surface area contributed by atoms with E-state index in [2.05, 4.69) is 25.2 Å². The highest BCUT2D eigenvalue weighted by atomic mass is 35.5. The van der Waals surface area contributed by atoms with E-state index in [0.717, 1.165) is 55.1 Å². The minimum Gasteiger partial charge on any atom is -0.474 e. The summed E-state index contributed by atoms with van der Waals surface area (Å²) in [5.41, 5.74) is 4.43. The van der Waals surface area contributed by atoms with Gasteiger partial charge in [0.2, 0.25) is 11.7 Å². The van der Waals surface area contributed by atoms with E-state index < -0.39 is 12.0 Å². The third kappa shape index (κ3) is 6.25. The molecule has 0 aliphatic carbocycles. The Bertz CT molecular complexity index is 1500. The van der Waals surface area contributed by atoms with Crippen LogP contribution in [-0.2, 0) is 12.6 Å². The van der Waals surface area contributed by atoms with Crippen LogP contribution < -0.4 is 15.0 Å². The molecule has 0 radical (unpaired) electrons. The Morgan fingerprint density at radius 2 is 1.80 bits per heavy atom. The molecule has 4 aromatic rings. The molecule has 0 bridgehead atoms. The molecule has 1 unspecified atom stereocenters. The number of anilines is 2. The molecule has 8 nitrogen and oxygen atoms in total. The van der Waals surface area contributed by atoms with Crippen molar-refractivity contribution in [3.8, 4) is 17.3 Å². The lowest BCUT2D eigenvalue weighted by Gasteiger charge is -2.35. The molecule has 1 saturated heterocycles. The number of likely N-dealkylation sites (tertiary alicyclic amines) is 1. The summed E-state index contributed by atoms with van der Waals surface area (Å²) in [7, 11) is 2.01. The third-order valence-electron chi connectivity index (χ3n) is 7.51. The van der Waals surface area contributed by atoms with Crippen LogP contribution in [0.2, 0.25) is 5.02 Å². The smallest absolute Gasteiger partial charge is 0.451 e. The summed E-state index contributed by atoms with van der Waals surface area (Å²) < 4.78 is 45.0. The summed E-state index contributed by atoms with van der Waals surface area (Å²) in [6.45, 7) is 2.57. The first-order valence-corrected chi connectivity index (χ1v) is 13.8. The summed E-state index contributed by atoms with van der Waals surface area (Å²) in [5.74, 6) is -0.447. The highest BCUT2D eigenvalue weighted by Crippen LogP contribution is 2.37. The molecule has 1 atom stereocenters. The first kappa shape index (κ1) is 27.3. The van der Waals surface area contributed by atoms with E-state index >= 15 is 0 Å². The highest BCUT2D eigenvalue weighted by Gasteiger charge is 2.36. The number of piperidine rings is 1. The van der Waals surface area contributed by atoms with E-state index in [-0.39, 0.29) is 18.1 Å². The molecule has 2 aromatic heterocycles. The molecular formula is C29H29ClF3N7O. The zero-order valence-corrected chi connectivity index (χ0v) is 23.1. The van der Waals surface area contributed by atoms with Crippen LogP contribution >= 0.6 is 11.6 Å². The Morgan fingerprint density at radius 3 is 2.54 bits per heavy atom.